The summed E-state index contributed by atoms with van der Waals surface area (Å²) in [7, 11) is 0. The van der Waals surface area contributed by atoms with E-state index in [-0.39, 0.29) is 19.8 Å². The minimum absolute atomic E-state index is 0.100. The van der Waals surface area contributed by atoms with E-state index < -0.39 is 18.0 Å². The average Bonchev–Trinajstić information content (AvgIpc) is 2.46. The van der Waals surface area contributed by atoms with Crippen molar-refractivity contribution in [1.29, 1.82) is 0 Å². The highest BCUT2D eigenvalue weighted by atomic mass is 16.6. The van der Waals surface area contributed by atoms with Crippen LogP contribution in [0.3, 0.4) is 0 Å². The van der Waals surface area contributed by atoms with Crippen LogP contribution in [0.2, 0.25) is 0 Å². The summed E-state index contributed by atoms with van der Waals surface area (Å²) in [4.78, 5) is 22.6. The Morgan fingerprint density at radius 3 is 1.95 bits per heavy atom. The van der Waals surface area contributed by atoms with Crippen molar-refractivity contribution in [3.8, 4) is 0 Å². The van der Waals surface area contributed by atoms with E-state index in [1.165, 1.54) is 13.0 Å². The van der Waals surface area contributed by atoms with Crippen LogP contribution in [0.15, 0.2) is 24.3 Å². The Hall–Kier alpha value is -1.92. The smallest absolute Gasteiger partial charge is 0.338 e. The number of hydrogen-bond donors (Lipinski definition) is 2. The van der Waals surface area contributed by atoms with Crippen LogP contribution in [0.5, 0.6) is 0 Å². The number of esters is 2. The average molecular weight is 268 g/mol. The molecule has 0 fully saturated rings. The summed E-state index contributed by atoms with van der Waals surface area (Å²) in [5.41, 5.74) is 0.753. The van der Waals surface area contributed by atoms with E-state index in [1.807, 2.05) is 0 Å². The number of carbonyl (C=O) groups excluding carboxylic acids is 2. The van der Waals surface area contributed by atoms with Crippen molar-refractivity contribution in [2.45, 2.75) is 13.0 Å². The summed E-state index contributed by atoms with van der Waals surface area (Å²) in [5, 5.41) is 16.0. The Morgan fingerprint density at radius 1 is 1.16 bits per heavy atom. The molecule has 0 aromatic heterocycles. The quantitative estimate of drug-likeness (QED) is 0.715. The van der Waals surface area contributed by atoms with Crippen LogP contribution in [0.25, 0.3) is 0 Å². The highest BCUT2D eigenvalue weighted by Gasteiger charge is 2.14. The molecule has 0 saturated heterocycles. The summed E-state index contributed by atoms with van der Waals surface area (Å²) in [6.07, 6.45) is -0.560. The molecule has 0 radical (unpaired) electrons. The second kappa shape index (κ2) is 7.50. The van der Waals surface area contributed by atoms with Gasteiger partial charge in [-0.3, -0.25) is 0 Å². The zero-order chi connectivity index (χ0) is 14.3. The summed E-state index contributed by atoms with van der Waals surface area (Å²) in [6, 6.07) is 6.30. The highest BCUT2D eigenvalue weighted by molar-refractivity contribution is 5.95. The molecule has 1 aliphatic heterocycles. The van der Waals surface area contributed by atoms with Crippen molar-refractivity contribution >= 4 is 11.9 Å². The molecule has 1 heterocycles. The van der Waals surface area contributed by atoms with Crippen molar-refractivity contribution in [2.24, 2.45) is 0 Å². The van der Waals surface area contributed by atoms with Crippen molar-refractivity contribution in [2.75, 3.05) is 19.8 Å². The molecule has 2 N–H and O–H groups in total. The first kappa shape index (κ1) is 15.1. The van der Waals surface area contributed by atoms with Gasteiger partial charge in [-0.25, -0.2) is 9.59 Å². The first-order valence-corrected chi connectivity index (χ1v) is 5.78. The number of aliphatic hydroxyl groups is 2. The number of fused-ring (bicyclic) bond motifs is 2. The fourth-order valence-electron chi connectivity index (χ4n) is 1.21. The Kier molecular flexibility index (Phi) is 5.98. The Morgan fingerprint density at radius 2 is 1.58 bits per heavy atom. The fraction of sp³-hybridized carbons (Fsp3) is 0.385. The third kappa shape index (κ3) is 5.07. The third-order valence-corrected chi connectivity index (χ3v) is 2.15. The predicted molar refractivity (Wildman–Crippen MR) is 65.8 cm³/mol. The molecule has 0 spiro atoms. The zero-order valence-electron chi connectivity index (χ0n) is 10.5. The summed E-state index contributed by atoms with van der Waals surface area (Å²) in [5.74, 6) is -0.852. The Balaban J connectivity index is 0.000000312. The molecule has 2 rings (SSSR count). The van der Waals surface area contributed by atoms with Crippen LogP contribution in [0.4, 0.5) is 0 Å². The van der Waals surface area contributed by atoms with Crippen LogP contribution >= 0.6 is 0 Å². The predicted octanol–water partition coefficient (Wildman–Crippen LogP) is 0.373. The van der Waals surface area contributed by atoms with E-state index in [9.17, 15) is 9.59 Å². The standard InChI is InChI=1S/C10H8O4.C3H8O2/c11-9-7-2-1-3-8(6-7)10(12)14-5-4-13-9;1-3(5)2-4/h1-3,6H,4-5H2;3-5H,2H2,1H3. The van der Waals surface area contributed by atoms with Gasteiger partial charge >= 0.3 is 11.9 Å². The molecule has 0 saturated carbocycles. The van der Waals surface area contributed by atoms with Crippen molar-refractivity contribution in [1.82, 2.24) is 0 Å². The van der Waals surface area contributed by atoms with Crippen LogP contribution in [0.1, 0.15) is 27.6 Å². The highest BCUT2D eigenvalue weighted by Crippen LogP contribution is 2.10. The number of rotatable bonds is 1. The van der Waals surface area contributed by atoms with Gasteiger partial charge in [0, 0.05) is 0 Å². The van der Waals surface area contributed by atoms with Crippen LogP contribution in [0, 0.1) is 0 Å². The zero-order valence-corrected chi connectivity index (χ0v) is 10.5. The first-order chi connectivity index (χ1) is 9.04. The van der Waals surface area contributed by atoms with Crippen molar-refractivity contribution in [3.05, 3.63) is 35.4 Å². The van der Waals surface area contributed by atoms with E-state index in [0.29, 0.717) is 11.1 Å². The lowest BCUT2D eigenvalue weighted by Crippen LogP contribution is -2.10. The second-order valence-electron chi connectivity index (χ2n) is 3.88. The van der Waals surface area contributed by atoms with Gasteiger partial charge in [0.25, 0.3) is 0 Å². The molecule has 2 bridgehead atoms. The van der Waals surface area contributed by atoms with E-state index in [1.54, 1.807) is 18.2 Å². The second-order valence-corrected chi connectivity index (χ2v) is 3.88. The topological polar surface area (TPSA) is 93.1 Å². The Labute approximate surface area is 110 Å². The van der Waals surface area contributed by atoms with Crippen LogP contribution in [-0.2, 0) is 9.47 Å². The molecule has 1 atom stereocenters. The van der Waals surface area contributed by atoms with Crippen LogP contribution in [-0.4, -0.2) is 48.1 Å². The monoisotopic (exact) mass is 268 g/mol. The van der Waals surface area contributed by atoms with E-state index in [0.717, 1.165) is 0 Å². The Bertz CT molecular complexity index is 407. The minimum atomic E-state index is -0.560. The van der Waals surface area contributed by atoms with Gasteiger partial charge in [-0.2, -0.15) is 0 Å². The van der Waals surface area contributed by atoms with E-state index >= 15 is 0 Å². The van der Waals surface area contributed by atoms with Gasteiger partial charge in [-0.1, -0.05) is 6.07 Å². The maximum Gasteiger partial charge on any atom is 0.338 e. The normalized spacial score (nSPS) is 15.7. The molecule has 6 nitrogen and oxygen atoms in total. The SMILES string of the molecule is CC(O)CO.O=C1OCCOC(=O)c2cccc1c2. The number of aliphatic hydroxyl groups excluding tert-OH is 2. The van der Waals surface area contributed by atoms with Gasteiger partial charge in [-0.15, -0.1) is 0 Å². The number of cyclic esters (lactones) is 2. The van der Waals surface area contributed by atoms with Gasteiger partial charge in [0.2, 0.25) is 0 Å². The van der Waals surface area contributed by atoms with E-state index in [4.69, 9.17) is 19.7 Å². The van der Waals surface area contributed by atoms with Crippen molar-refractivity contribution < 1.29 is 29.3 Å². The summed E-state index contributed by atoms with van der Waals surface area (Å²) in [6.45, 7) is 1.59. The first-order valence-electron chi connectivity index (χ1n) is 5.78. The van der Waals surface area contributed by atoms with Crippen LogP contribution < -0.4 is 0 Å². The lowest BCUT2D eigenvalue weighted by molar-refractivity contribution is 0.0277. The lowest BCUT2D eigenvalue weighted by atomic mass is 10.1. The molecule has 104 valence electrons. The molecule has 19 heavy (non-hydrogen) atoms. The molecule has 1 aromatic rings. The number of ether oxygens (including phenoxy) is 2. The number of benzene rings is 1. The summed E-state index contributed by atoms with van der Waals surface area (Å²) >= 11 is 0. The molecule has 6 heteroatoms. The van der Waals surface area contributed by atoms with Gasteiger partial charge in [-0.05, 0) is 25.1 Å². The molecule has 1 unspecified atom stereocenters. The number of hydrogen-bond acceptors (Lipinski definition) is 6. The maximum absolute atomic E-state index is 11.3. The van der Waals surface area contributed by atoms with Crippen molar-refractivity contribution in [3.63, 3.8) is 0 Å². The van der Waals surface area contributed by atoms with E-state index in [2.05, 4.69) is 0 Å². The largest absolute Gasteiger partial charge is 0.458 e. The molecular formula is C13H16O6. The fourth-order valence-corrected chi connectivity index (χ4v) is 1.21. The molecule has 1 aliphatic rings. The third-order valence-electron chi connectivity index (χ3n) is 2.15. The van der Waals surface area contributed by atoms with Gasteiger partial charge in [0.1, 0.15) is 13.2 Å². The van der Waals surface area contributed by atoms with Gasteiger partial charge < -0.3 is 19.7 Å². The molecule has 0 amide bonds. The summed E-state index contributed by atoms with van der Waals surface area (Å²) < 4.78 is 9.67. The molecule has 1 aromatic carbocycles. The molecule has 0 aliphatic carbocycles. The van der Waals surface area contributed by atoms with Gasteiger partial charge in [0.15, 0.2) is 0 Å². The molecular weight excluding hydrogens is 252 g/mol. The maximum atomic E-state index is 11.3. The lowest BCUT2D eigenvalue weighted by Gasteiger charge is -2.01. The number of carbonyl (C=O) groups is 2. The minimum Gasteiger partial charge on any atom is -0.458 e. The van der Waals surface area contributed by atoms with Gasteiger partial charge in [0.05, 0.1) is 23.8 Å².